The average molecular weight is 564 g/mol. The first-order valence-electron chi connectivity index (χ1n) is 11.4. The first-order valence-corrected chi connectivity index (χ1v) is 11.8. The van der Waals surface area contributed by atoms with Gasteiger partial charge in [0.2, 0.25) is 0 Å². The lowest BCUT2D eigenvalue weighted by molar-refractivity contribution is -0.192. The predicted molar refractivity (Wildman–Crippen MR) is 133 cm³/mol. The van der Waals surface area contributed by atoms with Gasteiger partial charge in [-0.3, -0.25) is 9.20 Å². The second kappa shape index (κ2) is 10.7. The molecule has 12 nitrogen and oxygen atoms in total. The number of fused-ring (bicyclic) bond motifs is 2. The van der Waals surface area contributed by atoms with Gasteiger partial charge in [0.1, 0.15) is 17.7 Å². The fourth-order valence-electron chi connectivity index (χ4n) is 4.23. The van der Waals surface area contributed by atoms with Crippen LogP contribution in [0.15, 0.2) is 37.1 Å². The number of nitriles is 1. The number of nitrogens with two attached hydrogens (primary N) is 1. The van der Waals surface area contributed by atoms with Crippen LogP contribution in [0.4, 0.5) is 24.8 Å². The van der Waals surface area contributed by atoms with E-state index in [1.54, 1.807) is 31.0 Å². The van der Waals surface area contributed by atoms with E-state index in [4.69, 9.17) is 27.2 Å². The number of nitrogens with one attached hydrogen (secondary N) is 1. The number of carboxylic acids is 1. The summed E-state index contributed by atoms with van der Waals surface area (Å²) in [5.74, 6) is -2.22. The van der Waals surface area contributed by atoms with E-state index in [1.165, 1.54) is 4.52 Å². The molecule has 1 aliphatic heterocycles. The van der Waals surface area contributed by atoms with Crippen LogP contribution in [0.2, 0.25) is 5.02 Å². The van der Waals surface area contributed by atoms with Gasteiger partial charge in [-0.25, -0.2) is 19.3 Å². The van der Waals surface area contributed by atoms with Crippen molar-refractivity contribution in [3.63, 3.8) is 0 Å². The molecule has 2 atom stereocenters. The van der Waals surface area contributed by atoms with Crippen LogP contribution >= 0.6 is 11.6 Å². The molecule has 4 aromatic heterocycles. The summed E-state index contributed by atoms with van der Waals surface area (Å²) in [7, 11) is 0. The van der Waals surface area contributed by atoms with Gasteiger partial charge in [0.05, 0.1) is 34.8 Å². The number of aromatic nitrogens is 5. The first-order chi connectivity index (χ1) is 18.4. The van der Waals surface area contributed by atoms with Crippen molar-refractivity contribution in [2.24, 2.45) is 5.92 Å². The topological polar surface area (TPSA) is 167 Å². The molecule has 204 valence electrons. The van der Waals surface area contributed by atoms with Gasteiger partial charge < -0.3 is 21.1 Å². The van der Waals surface area contributed by atoms with E-state index in [-0.39, 0.29) is 23.2 Å². The third-order valence-electron chi connectivity index (χ3n) is 6.03. The van der Waals surface area contributed by atoms with Crippen molar-refractivity contribution >= 4 is 46.3 Å². The maximum Gasteiger partial charge on any atom is 0.490 e. The molecule has 1 saturated heterocycles. The molecule has 5 heterocycles. The van der Waals surface area contributed by atoms with Crippen LogP contribution in [0.25, 0.3) is 11.2 Å². The van der Waals surface area contributed by atoms with Gasteiger partial charge in [0.15, 0.2) is 11.5 Å². The quantitative estimate of drug-likeness (QED) is 0.338. The largest absolute Gasteiger partial charge is 0.490 e. The van der Waals surface area contributed by atoms with Crippen LogP contribution in [0, 0.1) is 17.2 Å². The number of hydrogen-bond acceptors (Lipinski definition) is 8. The highest BCUT2D eigenvalue weighted by molar-refractivity contribution is 6.34. The maximum absolute atomic E-state index is 13.2. The Morgan fingerprint density at radius 3 is 2.74 bits per heavy atom. The van der Waals surface area contributed by atoms with E-state index in [1.807, 2.05) is 17.4 Å². The number of halogens is 4. The molecule has 5 rings (SSSR count). The van der Waals surface area contributed by atoms with Crippen molar-refractivity contribution in [3.05, 3.63) is 53.2 Å². The Morgan fingerprint density at radius 1 is 1.38 bits per heavy atom. The molecule has 16 heteroatoms. The highest BCUT2D eigenvalue weighted by atomic mass is 35.5. The van der Waals surface area contributed by atoms with Crippen LogP contribution in [-0.4, -0.2) is 60.2 Å². The van der Waals surface area contributed by atoms with E-state index in [2.05, 4.69) is 31.4 Å². The summed E-state index contributed by atoms with van der Waals surface area (Å²) >= 11 is 6.53. The Morgan fingerprint density at radius 2 is 2.10 bits per heavy atom. The van der Waals surface area contributed by atoms with E-state index in [0.717, 1.165) is 29.9 Å². The molecule has 39 heavy (non-hydrogen) atoms. The molecule has 0 aromatic carbocycles. The van der Waals surface area contributed by atoms with Gasteiger partial charge in [0.25, 0.3) is 5.91 Å². The summed E-state index contributed by atoms with van der Waals surface area (Å²) in [6.45, 7) is 3.21. The van der Waals surface area contributed by atoms with Crippen LogP contribution in [0.5, 0.6) is 0 Å². The Kier molecular flexibility index (Phi) is 7.50. The van der Waals surface area contributed by atoms with Crippen molar-refractivity contribution in [1.29, 1.82) is 5.26 Å². The number of pyridine rings is 1. The maximum atomic E-state index is 13.2. The molecule has 4 aromatic rings. The van der Waals surface area contributed by atoms with Gasteiger partial charge in [-0.15, -0.1) is 5.10 Å². The van der Waals surface area contributed by atoms with Gasteiger partial charge in [-0.05, 0) is 25.5 Å². The molecular weight excluding hydrogens is 543 g/mol. The summed E-state index contributed by atoms with van der Waals surface area (Å²) in [6.07, 6.45) is 2.35. The normalized spacial score (nSPS) is 16.0. The van der Waals surface area contributed by atoms with E-state index >= 15 is 0 Å². The zero-order valence-corrected chi connectivity index (χ0v) is 21.0. The lowest BCUT2D eigenvalue weighted by Crippen LogP contribution is -2.30. The lowest BCUT2D eigenvalue weighted by Gasteiger charge is -2.26. The third-order valence-corrected chi connectivity index (χ3v) is 6.33. The molecule has 1 fully saturated rings. The highest BCUT2D eigenvalue weighted by Crippen LogP contribution is 2.35. The number of carboxylic acid groups (broad SMARTS) is 1. The van der Waals surface area contributed by atoms with E-state index < -0.39 is 18.2 Å². The third kappa shape index (κ3) is 5.50. The minimum atomic E-state index is -5.08. The van der Waals surface area contributed by atoms with Crippen LogP contribution in [0.1, 0.15) is 35.3 Å². The molecular formula is C23H21ClF3N9O3. The lowest BCUT2D eigenvalue weighted by atomic mass is 10.1. The van der Waals surface area contributed by atoms with Crippen molar-refractivity contribution in [2.75, 3.05) is 23.7 Å². The fraction of sp³-hybridized carbons (Fsp3) is 0.304. The summed E-state index contributed by atoms with van der Waals surface area (Å²) < 4.78 is 35.1. The Hall–Kier alpha value is -4.58. The minimum Gasteiger partial charge on any atom is -0.475 e. The SMILES string of the molecule is CC(NC(=O)c1c(N)nn2cccnc12)c1cc(Cl)c2cncn2c1N1CCC(C#N)C1.O=C(O)C(F)(F)F. The molecule has 1 aliphatic rings. The second-order valence-corrected chi connectivity index (χ2v) is 9.03. The minimum absolute atomic E-state index is 0.0494. The second-order valence-electron chi connectivity index (χ2n) is 8.63. The number of anilines is 2. The van der Waals surface area contributed by atoms with Crippen LogP contribution in [0.3, 0.4) is 0 Å². The number of rotatable bonds is 4. The summed E-state index contributed by atoms with van der Waals surface area (Å²) in [5, 5.41) is 24.2. The molecule has 0 bridgehead atoms. The molecule has 1 amide bonds. The van der Waals surface area contributed by atoms with Gasteiger partial charge in [-0.2, -0.15) is 18.4 Å². The zero-order valence-electron chi connectivity index (χ0n) is 20.2. The average Bonchev–Trinajstić information content (AvgIpc) is 3.61. The molecule has 0 radical (unpaired) electrons. The number of hydrogen-bond donors (Lipinski definition) is 3. The summed E-state index contributed by atoms with van der Waals surface area (Å²) in [6, 6.07) is 5.49. The molecule has 2 unspecified atom stereocenters. The number of carbonyl (C=O) groups is 2. The highest BCUT2D eigenvalue weighted by Gasteiger charge is 2.38. The summed E-state index contributed by atoms with van der Waals surface area (Å²) in [5.41, 5.74) is 8.19. The number of nitrogens with zero attached hydrogens (tertiary/aromatic N) is 7. The number of alkyl halides is 3. The monoisotopic (exact) mass is 563 g/mol. The fourth-order valence-corrected chi connectivity index (χ4v) is 4.49. The van der Waals surface area contributed by atoms with Crippen molar-refractivity contribution in [1.82, 2.24) is 29.3 Å². The van der Waals surface area contributed by atoms with Crippen molar-refractivity contribution in [2.45, 2.75) is 25.6 Å². The Balaban J connectivity index is 0.000000448. The van der Waals surface area contributed by atoms with Crippen LogP contribution < -0.4 is 16.0 Å². The number of amides is 1. The van der Waals surface area contributed by atoms with Crippen LogP contribution in [-0.2, 0) is 4.79 Å². The van der Waals surface area contributed by atoms with Crippen molar-refractivity contribution < 1.29 is 27.9 Å². The number of nitrogen functional groups attached to an aromatic ring is 1. The smallest absolute Gasteiger partial charge is 0.475 e. The van der Waals surface area contributed by atoms with E-state index in [0.29, 0.717) is 17.2 Å². The Labute approximate surface area is 223 Å². The Bertz CT molecular complexity index is 1590. The van der Waals surface area contributed by atoms with Gasteiger partial charge >= 0.3 is 12.1 Å². The predicted octanol–water partition coefficient (Wildman–Crippen LogP) is 3.09. The number of imidazole rings is 1. The molecule has 4 N–H and O–H groups in total. The number of carbonyl (C=O) groups excluding carboxylic acids is 1. The van der Waals surface area contributed by atoms with Gasteiger partial charge in [-0.1, -0.05) is 11.6 Å². The standard InChI is InChI=1S/C21H20ClN9O.C2HF3O2/c1-12(27-20(32)17-18(24)28-31-5-2-4-26-19(17)31)14-7-15(22)16-9-25-11-30(16)21(14)29-6-3-13(8-23)10-29;3-2(4,5)1(6)7/h2,4-5,7,9,11-13H,3,6,10H2,1H3,(H2,24,28)(H,27,32);(H,6,7). The van der Waals surface area contributed by atoms with Crippen molar-refractivity contribution in [3.8, 4) is 6.07 Å². The zero-order chi connectivity index (χ0) is 28.5. The van der Waals surface area contributed by atoms with E-state index in [9.17, 15) is 23.2 Å². The first kappa shape index (κ1) is 27.5. The summed E-state index contributed by atoms with van der Waals surface area (Å²) in [4.78, 5) is 32.7. The van der Waals surface area contributed by atoms with Gasteiger partial charge in [0, 0.05) is 31.0 Å². The number of aliphatic carboxylic acids is 1. The molecule has 0 aliphatic carbocycles. The molecule has 0 saturated carbocycles. The molecule has 0 spiro atoms.